The number of hydrogen-bond acceptors (Lipinski definition) is 2. The van der Waals surface area contributed by atoms with Crippen LogP contribution in [-0.2, 0) is 6.42 Å². The maximum absolute atomic E-state index is 11.9. The summed E-state index contributed by atoms with van der Waals surface area (Å²) >= 11 is 3.25. The summed E-state index contributed by atoms with van der Waals surface area (Å²) < 4.78 is 0.666. The molecule has 0 saturated heterocycles. The normalized spacial score (nSPS) is 10.2. The van der Waals surface area contributed by atoms with Gasteiger partial charge in [-0.25, -0.2) is 4.98 Å². The van der Waals surface area contributed by atoms with E-state index in [1.165, 1.54) is 11.1 Å². The molecule has 0 bridgehead atoms. The first-order valence-corrected chi connectivity index (χ1v) is 6.91. The summed E-state index contributed by atoms with van der Waals surface area (Å²) in [6, 6.07) is 13.6. The number of aromatic nitrogens is 1. The average molecular weight is 319 g/mol. The molecular weight excluding hydrogens is 304 g/mol. The molecule has 1 amide bonds. The first-order valence-electron chi connectivity index (χ1n) is 6.11. The molecule has 4 heteroatoms. The molecule has 1 heterocycles. The minimum absolute atomic E-state index is 0.144. The minimum atomic E-state index is -0.144. The van der Waals surface area contributed by atoms with Crippen LogP contribution >= 0.6 is 15.9 Å². The van der Waals surface area contributed by atoms with Gasteiger partial charge in [-0.3, -0.25) is 4.79 Å². The Morgan fingerprint density at radius 2 is 2.05 bits per heavy atom. The van der Waals surface area contributed by atoms with Gasteiger partial charge in [0.25, 0.3) is 5.91 Å². The Balaban J connectivity index is 1.87. The van der Waals surface area contributed by atoms with Gasteiger partial charge in [0, 0.05) is 6.54 Å². The Hall–Kier alpha value is -1.68. The van der Waals surface area contributed by atoms with Crippen molar-refractivity contribution in [1.82, 2.24) is 10.3 Å². The van der Waals surface area contributed by atoms with Crippen molar-refractivity contribution < 1.29 is 4.79 Å². The van der Waals surface area contributed by atoms with Crippen molar-refractivity contribution in [2.24, 2.45) is 0 Å². The highest BCUT2D eigenvalue weighted by molar-refractivity contribution is 9.10. The van der Waals surface area contributed by atoms with E-state index >= 15 is 0 Å². The molecule has 0 aliphatic rings. The molecular formula is C15H15BrN2O. The summed E-state index contributed by atoms with van der Waals surface area (Å²) in [4.78, 5) is 16.0. The highest BCUT2D eigenvalue weighted by Crippen LogP contribution is 2.06. The quantitative estimate of drug-likeness (QED) is 0.880. The van der Waals surface area contributed by atoms with Crippen molar-refractivity contribution in [3.8, 4) is 0 Å². The largest absolute Gasteiger partial charge is 0.350 e. The topological polar surface area (TPSA) is 42.0 Å². The lowest BCUT2D eigenvalue weighted by Gasteiger charge is -2.05. The van der Waals surface area contributed by atoms with E-state index < -0.39 is 0 Å². The molecule has 98 valence electrons. The Kier molecular flexibility index (Phi) is 4.68. The molecule has 1 N–H and O–H groups in total. The van der Waals surface area contributed by atoms with Crippen molar-refractivity contribution in [3.63, 3.8) is 0 Å². The van der Waals surface area contributed by atoms with E-state index in [4.69, 9.17) is 0 Å². The second kappa shape index (κ2) is 6.48. The fourth-order valence-corrected chi connectivity index (χ4v) is 2.16. The van der Waals surface area contributed by atoms with E-state index in [9.17, 15) is 4.79 Å². The molecule has 0 aliphatic carbocycles. The van der Waals surface area contributed by atoms with Gasteiger partial charge in [0.2, 0.25) is 0 Å². The second-order valence-corrected chi connectivity index (χ2v) is 5.15. The molecule has 0 unspecified atom stereocenters. The number of nitrogens with zero attached hydrogens (tertiary/aromatic N) is 1. The molecule has 0 saturated carbocycles. The van der Waals surface area contributed by atoms with E-state index in [-0.39, 0.29) is 5.91 Å². The molecule has 0 aliphatic heterocycles. The molecule has 19 heavy (non-hydrogen) atoms. The molecule has 2 rings (SSSR count). The highest BCUT2D eigenvalue weighted by atomic mass is 79.9. The zero-order valence-corrected chi connectivity index (χ0v) is 12.3. The monoisotopic (exact) mass is 318 g/mol. The van der Waals surface area contributed by atoms with Gasteiger partial charge in [-0.15, -0.1) is 0 Å². The maximum Gasteiger partial charge on any atom is 0.269 e. The lowest BCUT2D eigenvalue weighted by atomic mass is 10.1. The number of amides is 1. The van der Waals surface area contributed by atoms with Crippen molar-refractivity contribution in [2.75, 3.05) is 6.54 Å². The van der Waals surface area contributed by atoms with Crippen molar-refractivity contribution in [1.29, 1.82) is 0 Å². The van der Waals surface area contributed by atoms with Crippen LogP contribution in [0.3, 0.4) is 0 Å². The van der Waals surface area contributed by atoms with Crippen LogP contribution in [0, 0.1) is 6.92 Å². The predicted molar refractivity (Wildman–Crippen MR) is 79.2 cm³/mol. The first-order chi connectivity index (χ1) is 9.15. The van der Waals surface area contributed by atoms with Crippen LogP contribution in [0.1, 0.15) is 21.6 Å². The molecule has 1 aromatic heterocycles. The molecule has 3 nitrogen and oxygen atoms in total. The van der Waals surface area contributed by atoms with Gasteiger partial charge in [0.1, 0.15) is 10.3 Å². The van der Waals surface area contributed by atoms with E-state index in [0.717, 1.165) is 6.42 Å². The number of carbonyl (C=O) groups is 1. The van der Waals surface area contributed by atoms with Gasteiger partial charge in [0.15, 0.2) is 0 Å². The van der Waals surface area contributed by atoms with Crippen molar-refractivity contribution >= 4 is 21.8 Å². The SMILES string of the molecule is Cc1cccc(CCNC(=O)c2cccc(Br)n2)c1. The third-order valence-corrected chi connectivity index (χ3v) is 3.17. The molecule has 0 atom stereocenters. The Morgan fingerprint density at radius 1 is 1.26 bits per heavy atom. The fourth-order valence-electron chi connectivity index (χ4n) is 1.81. The average Bonchev–Trinajstić information content (AvgIpc) is 2.38. The van der Waals surface area contributed by atoms with Gasteiger partial charge in [-0.2, -0.15) is 0 Å². The Bertz CT molecular complexity index is 584. The standard InChI is InChI=1S/C15H15BrN2O/c1-11-4-2-5-12(10-11)8-9-17-15(19)13-6-3-7-14(16)18-13/h2-7,10H,8-9H2,1H3,(H,17,19). The predicted octanol–water partition coefficient (Wildman–Crippen LogP) is 3.13. The number of benzene rings is 1. The lowest BCUT2D eigenvalue weighted by Crippen LogP contribution is -2.26. The summed E-state index contributed by atoms with van der Waals surface area (Å²) in [5.74, 6) is -0.144. The third kappa shape index (κ3) is 4.17. The van der Waals surface area contributed by atoms with Crippen LogP contribution in [0.15, 0.2) is 47.1 Å². The number of halogens is 1. The van der Waals surface area contributed by atoms with Gasteiger partial charge >= 0.3 is 0 Å². The van der Waals surface area contributed by atoms with Crippen molar-refractivity contribution in [2.45, 2.75) is 13.3 Å². The third-order valence-electron chi connectivity index (χ3n) is 2.73. The number of nitrogens with one attached hydrogen (secondary N) is 1. The number of hydrogen-bond donors (Lipinski definition) is 1. The first kappa shape index (κ1) is 13.7. The smallest absolute Gasteiger partial charge is 0.269 e. The summed E-state index contributed by atoms with van der Waals surface area (Å²) in [5, 5.41) is 2.87. The molecule has 2 aromatic rings. The van der Waals surface area contributed by atoms with Crippen LogP contribution in [0.2, 0.25) is 0 Å². The summed E-state index contributed by atoms with van der Waals surface area (Å²) in [6.07, 6.45) is 0.821. The molecule has 0 fully saturated rings. The van der Waals surface area contributed by atoms with Gasteiger partial charge in [-0.1, -0.05) is 35.9 Å². The van der Waals surface area contributed by atoms with Crippen LogP contribution in [0.4, 0.5) is 0 Å². The van der Waals surface area contributed by atoms with Gasteiger partial charge in [-0.05, 0) is 47.0 Å². The highest BCUT2D eigenvalue weighted by Gasteiger charge is 2.06. The van der Waals surface area contributed by atoms with Crippen LogP contribution < -0.4 is 5.32 Å². The van der Waals surface area contributed by atoms with Crippen LogP contribution in [0.25, 0.3) is 0 Å². The van der Waals surface area contributed by atoms with Gasteiger partial charge in [0.05, 0.1) is 0 Å². The van der Waals surface area contributed by atoms with E-state index in [2.05, 4.69) is 51.4 Å². The zero-order chi connectivity index (χ0) is 13.7. The lowest BCUT2D eigenvalue weighted by molar-refractivity contribution is 0.0949. The van der Waals surface area contributed by atoms with Crippen LogP contribution in [0.5, 0.6) is 0 Å². The Labute approximate surface area is 121 Å². The van der Waals surface area contributed by atoms with Gasteiger partial charge < -0.3 is 5.32 Å². The second-order valence-electron chi connectivity index (χ2n) is 4.34. The van der Waals surface area contributed by atoms with Crippen LogP contribution in [-0.4, -0.2) is 17.4 Å². The fraction of sp³-hybridized carbons (Fsp3) is 0.200. The minimum Gasteiger partial charge on any atom is -0.350 e. The number of pyridine rings is 1. The number of carbonyl (C=O) groups excluding carboxylic acids is 1. The maximum atomic E-state index is 11.9. The number of rotatable bonds is 4. The van der Waals surface area contributed by atoms with Crippen molar-refractivity contribution in [3.05, 3.63) is 63.9 Å². The Morgan fingerprint density at radius 3 is 2.79 bits per heavy atom. The van der Waals surface area contributed by atoms with E-state index in [0.29, 0.717) is 16.8 Å². The summed E-state index contributed by atoms with van der Waals surface area (Å²) in [6.45, 7) is 2.67. The van der Waals surface area contributed by atoms with E-state index in [1.807, 2.05) is 6.07 Å². The summed E-state index contributed by atoms with van der Waals surface area (Å²) in [7, 11) is 0. The molecule has 0 radical (unpaired) electrons. The molecule has 1 aromatic carbocycles. The number of aryl methyl sites for hydroxylation is 1. The summed E-state index contributed by atoms with van der Waals surface area (Å²) in [5.41, 5.74) is 2.89. The van der Waals surface area contributed by atoms with E-state index in [1.54, 1.807) is 18.2 Å². The zero-order valence-electron chi connectivity index (χ0n) is 10.7. The molecule has 0 spiro atoms.